The highest BCUT2D eigenvalue weighted by molar-refractivity contribution is 5.76. The van der Waals surface area contributed by atoms with Gasteiger partial charge in [-0.15, -0.1) is 0 Å². The van der Waals surface area contributed by atoms with Gasteiger partial charge in [0, 0.05) is 43.9 Å². The first-order valence-corrected chi connectivity index (χ1v) is 7.96. The van der Waals surface area contributed by atoms with E-state index in [1.165, 1.54) is 0 Å². The summed E-state index contributed by atoms with van der Waals surface area (Å²) in [6, 6.07) is 3.92. The molecule has 0 radical (unpaired) electrons. The minimum Gasteiger partial charge on any atom is -0.343 e. The second-order valence-corrected chi connectivity index (χ2v) is 6.24. The van der Waals surface area contributed by atoms with Crippen molar-refractivity contribution < 1.29 is 9.32 Å². The maximum atomic E-state index is 12.2. The van der Waals surface area contributed by atoms with Gasteiger partial charge in [0.1, 0.15) is 0 Å². The number of carbonyl (C=O) groups excluding carboxylic acids is 1. The van der Waals surface area contributed by atoms with E-state index in [-0.39, 0.29) is 11.9 Å². The average molecular weight is 316 g/mol. The van der Waals surface area contributed by atoms with Gasteiger partial charge in [-0.2, -0.15) is 4.98 Å². The van der Waals surface area contributed by atoms with E-state index in [0.29, 0.717) is 30.5 Å². The number of amides is 1. The predicted molar refractivity (Wildman–Crippen MR) is 87.5 cm³/mol. The zero-order chi connectivity index (χ0) is 16.8. The molecule has 1 atom stereocenters. The number of pyridine rings is 1. The summed E-state index contributed by atoms with van der Waals surface area (Å²) in [6.07, 6.45) is 5.19. The first kappa shape index (κ1) is 17.1. The Bertz CT molecular complexity index is 625. The molecule has 2 rings (SSSR count). The van der Waals surface area contributed by atoms with Crippen LogP contribution < -0.4 is 0 Å². The van der Waals surface area contributed by atoms with E-state index in [0.717, 1.165) is 12.0 Å². The van der Waals surface area contributed by atoms with E-state index < -0.39 is 0 Å². The summed E-state index contributed by atoms with van der Waals surface area (Å²) in [5.41, 5.74) is 0.802. The van der Waals surface area contributed by atoms with Gasteiger partial charge < -0.3 is 9.42 Å². The predicted octanol–water partition coefficient (Wildman–Crippen LogP) is 2.96. The zero-order valence-corrected chi connectivity index (χ0v) is 14.2. The molecule has 23 heavy (non-hydrogen) atoms. The van der Waals surface area contributed by atoms with Crippen LogP contribution in [0.3, 0.4) is 0 Å². The molecule has 0 saturated carbocycles. The quantitative estimate of drug-likeness (QED) is 0.785. The van der Waals surface area contributed by atoms with Gasteiger partial charge in [-0.05, 0) is 31.4 Å². The number of carbonyl (C=O) groups is 1. The molecule has 0 N–H and O–H groups in total. The number of rotatable bonds is 7. The van der Waals surface area contributed by atoms with Gasteiger partial charge in [0.25, 0.3) is 0 Å². The van der Waals surface area contributed by atoms with Crippen molar-refractivity contribution in [2.45, 2.75) is 46.1 Å². The zero-order valence-electron chi connectivity index (χ0n) is 14.2. The maximum Gasteiger partial charge on any atom is 0.227 e. The molecule has 0 aromatic carbocycles. The molecule has 0 fully saturated rings. The Morgan fingerprint density at radius 2 is 2.13 bits per heavy atom. The van der Waals surface area contributed by atoms with E-state index >= 15 is 0 Å². The molecule has 2 aromatic rings. The van der Waals surface area contributed by atoms with Crippen molar-refractivity contribution in [1.29, 1.82) is 0 Å². The highest BCUT2D eigenvalue weighted by atomic mass is 16.5. The molecule has 0 aliphatic heterocycles. The summed E-state index contributed by atoms with van der Waals surface area (Å²) in [6.45, 7) is 6.39. The number of aromatic nitrogens is 3. The molecular weight excluding hydrogens is 292 g/mol. The summed E-state index contributed by atoms with van der Waals surface area (Å²) in [5.74, 6) is 1.64. The fourth-order valence-electron chi connectivity index (χ4n) is 2.45. The topological polar surface area (TPSA) is 72.1 Å². The SMILES string of the molecule is CC(C)CC(C)N(C)C(=O)CCc1nc(-c2cccnc2)no1. The lowest BCUT2D eigenvalue weighted by Crippen LogP contribution is -2.36. The molecule has 0 saturated heterocycles. The van der Waals surface area contributed by atoms with Crippen LogP contribution in [-0.2, 0) is 11.2 Å². The molecule has 6 nitrogen and oxygen atoms in total. The van der Waals surface area contributed by atoms with E-state index in [2.05, 4.69) is 35.9 Å². The Morgan fingerprint density at radius 1 is 1.35 bits per heavy atom. The minimum atomic E-state index is 0.0966. The number of hydrogen-bond acceptors (Lipinski definition) is 5. The van der Waals surface area contributed by atoms with Crippen LogP contribution in [0.5, 0.6) is 0 Å². The smallest absolute Gasteiger partial charge is 0.227 e. The van der Waals surface area contributed by atoms with E-state index in [1.54, 1.807) is 17.3 Å². The molecule has 0 spiro atoms. The largest absolute Gasteiger partial charge is 0.343 e. The Kier molecular flexibility index (Phi) is 5.84. The first-order chi connectivity index (χ1) is 11.0. The minimum absolute atomic E-state index is 0.0966. The van der Waals surface area contributed by atoms with Crippen LogP contribution in [0.15, 0.2) is 29.0 Å². The first-order valence-electron chi connectivity index (χ1n) is 7.96. The molecule has 2 heterocycles. The van der Waals surface area contributed by atoms with Crippen molar-refractivity contribution in [1.82, 2.24) is 20.0 Å². The Labute approximate surface area is 136 Å². The summed E-state index contributed by atoms with van der Waals surface area (Å²) in [5, 5.41) is 3.93. The Morgan fingerprint density at radius 3 is 2.78 bits per heavy atom. The van der Waals surface area contributed by atoms with Crippen molar-refractivity contribution in [2.75, 3.05) is 7.05 Å². The second kappa shape index (κ2) is 7.85. The maximum absolute atomic E-state index is 12.2. The van der Waals surface area contributed by atoms with Gasteiger partial charge in [-0.3, -0.25) is 9.78 Å². The van der Waals surface area contributed by atoms with Crippen LogP contribution in [0.1, 0.15) is 39.5 Å². The molecule has 0 aliphatic carbocycles. The van der Waals surface area contributed by atoms with Crippen LogP contribution in [0.2, 0.25) is 0 Å². The van der Waals surface area contributed by atoms with Crippen molar-refractivity contribution >= 4 is 5.91 Å². The molecule has 2 aromatic heterocycles. The van der Waals surface area contributed by atoms with Gasteiger partial charge in [0.2, 0.25) is 17.6 Å². The second-order valence-electron chi connectivity index (χ2n) is 6.24. The third-order valence-electron chi connectivity index (χ3n) is 3.81. The fourth-order valence-corrected chi connectivity index (χ4v) is 2.45. The van der Waals surface area contributed by atoms with Gasteiger partial charge >= 0.3 is 0 Å². The summed E-state index contributed by atoms with van der Waals surface area (Å²) < 4.78 is 5.21. The van der Waals surface area contributed by atoms with Gasteiger partial charge in [0.15, 0.2) is 0 Å². The van der Waals surface area contributed by atoms with Crippen molar-refractivity contribution in [3.05, 3.63) is 30.4 Å². The molecular formula is C17H24N4O2. The van der Waals surface area contributed by atoms with Gasteiger partial charge in [-0.25, -0.2) is 0 Å². The molecule has 1 unspecified atom stereocenters. The number of nitrogens with zero attached hydrogens (tertiary/aromatic N) is 4. The van der Waals surface area contributed by atoms with E-state index in [4.69, 9.17) is 4.52 Å². The number of hydrogen-bond donors (Lipinski definition) is 0. The third kappa shape index (κ3) is 4.87. The lowest BCUT2D eigenvalue weighted by atomic mass is 10.0. The van der Waals surface area contributed by atoms with Crippen LogP contribution in [0.4, 0.5) is 0 Å². The third-order valence-corrected chi connectivity index (χ3v) is 3.81. The van der Waals surface area contributed by atoms with Gasteiger partial charge in [-0.1, -0.05) is 19.0 Å². The Balaban J connectivity index is 1.89. The average Bonchev–Trinajstić information content (AvgIpc) is 3.01. The van der Waals surface area contributed by atoms with Gasteiger partial charge in [0.05, 0.1) is 0 Å². The lowest BCUT2D eigenvalue weighted by Gasteiger charge is -2.26. The summed E-state index contributed by atoms with van der Waals surface area (Å²) >= 11 is 0. The van der Waals surface area contributed by atoms with E-state index in [9.17, 15) is 4.79 Å². The normalized spacial score (nSPS) is 12.4. The lowest BCUT2D eigenvalue weighted by molar-refractivity contribution is -0.131. The highest BCUT2D eigenvalue weighted by Gasteiger charge is 2.18. The van der Waals surface area contributed by atoms with Crippen LogP contribution in [-0.4, -0.2) is 39.0 Å². The molecule has 6 heteroatoms. The fraction of sp³-hybridized carbons (Fsp3) is 0.529. The van der Waals surface area contributed by atoms with E-state index in [1.807, 2.05) is 19.2 Å². The summed E-state index contributed by atoms with van der Waals surface area (Å²) in [7, 11) is 1.85. The van der Waals surface area contributed by atoms with Crippen LogP contribution >= 0.6 is 0 Å². The molecule has 0 bridgehead atoms. The summed E-state index contributed by atoms with van der Waals surface area (Å²) in [4.78, 5) is 22.4. The molecule has 124 valence electrons. The van der Waals surface area contributed by atoms with Crippen molar-refractivity contribution in [3.63, 3.8) is 0 Å². The van der Waals surface area contributed by atoms with Crippen LogP contribution in [0.25, 0.3) is 11.4 Å². The number of aryl methyl sites for hydroxylation is 1. The monoisotopic (exact) mass is 316 g/mol. The standard InChI is InChI=1S/C17H24N4O2/c1-12(2)10-13(3)21(4)16(22)8-7-15-19-17(20-23-15)14-6-5-9-18-11-14/h5-6,9,11-13H,7-8,10H2,1-4H3. The molecule has 0 aliphatic rings. The highest BCUT2D eigenvalue weighted by Crippen LogP contribution is 2.15. The molecule has 1 amide bonds. The van der Waals surface area contributed by atoms with Crippen molar-refractivity contribution in [2.24, 2.45) is 5.92 Å². The van der Waals surface area contributed by atoms with Crippen LogP contribution in [0, 0.1) is 5.92 Å². The Hall–Kier alpha value is -2.24. The van der Waals surface area contributed by atoms with Crippen molar-refractivity contribution in [3.8, 4) is 11.4 Å².